The number of carbonyl (C=O) groups is 1. The first-order valence-electron chi connectivity index (χ1n) is 8.53. The van der Waals surface area contributed by atoms with E-state index < -0.39 is 5.82 Å². The van der Waals surface area contributed by atoms with Gasteiger partial charge in [0.25, 0.3) is 0 Å². The predicted molar refractivity (Wildman–Crippen MR) is 96.2 cm³/mol. The van der Waals surface area contributed by atoms with Crippen molar-refractivity contribution in [2.75, 3.05) is 5.32 Å². The van der Waals surface area contributed by atoms with Gasteiger partial charge in [-0.1, -0.05) is 20.8 Å². The van der Waals surface area contributed by atoms with E-state index >= 15 is 0 Å². The number of benzene rings is 1. The molecular weight excluding hydrogens is 319 g/mol. The minimum Gasteiger partial charge on any atom is -0.305 e. The summed E-state index contributed by atoms with van der Waals surface area (Å²) in [5.74, 6) is -0.260. The number of hydrogen-bond donors (Lipinski definition) is 1. The molecule has 132 valence electrons. The van der Waals surface area contributed by atoms with Crippen LogP contribution in [-0.4, -0.2) is 15.5 Å². The number of rotatable bonds is 3. The van der Waals surface area contributed by atoms with Gasteiger partial charge in [0.2, 0.25) is 17.5 Å². The number of imidazole rings is 1. The van der Waals surface area contributed by atoms with Gasteiger partial charge < -0.3 is 4.57 Å². The smallest absolute Gasteiger partial charge is 0.227 e. The van der Waals surface area contributed by atoms with Crippen molar-refractivity contribution in [3.63, 3.8) is 0 Å². The highest BCUT2D eigenvalue weighted by Gasteiger charge is 2.37. The third-order valence-corrected chi connectivity index (χ3v) is 4.76. The fraction of sp³-hybridized carbons (Fsp3) is 0.526. The normalized spacial score (nSPS) is 16.3. The molecule has 1 aliphatic carbocycles. The molecule has 1 N–H and O–H groups in total. The molecule has 0 spiro atoms. The van der Waals surface area contributed by atoms with E-state index in [1.165, 1.54) is 12.1 Å². The first-order valence-corrected chi connectivity index (χ1v) is 8.53. The lowest BCUT2D eigenvalue weighted by Crippen LogP contribution is -2.38. The molecule has 0 radical (unpaired) electrons. The molecule has 1 aromatic heterocycles. The molecule has 3 rings (SSSR count). The SMILES string of the molecule is [C-]#[N+]c1cc2c(cc1F)nc(NC(=O)CC(C)(C)C)n2C1(C)CCC1. The van der Waals surface area contributed by atoms with E-state index in [1.807, 2.05) is 25.3 Å². The fourth-order valence-corrected chi connectivity index (χ4v) is 3.37. The van der Waals surface area contributed by atoms with Gasteiger partial charge in [0, 0.05) is 12.0 Å². The zero-order chi connectivity index (χ0) is 18.4. The highest BCUT2D eigenvalue weighted by Crippen LogP contribution is 2.43. The second-order valence-electron chi connectivity index (χ2n) is 8.31. The molecule has 0 bridgehead atoms. The Morgan fingerprint density at radius 3 is 2.64 bits per heavy atom. The molecule has 1 aliphatic rings. The summed E-state index contributed by atoms with van der Waals surface area (Å²) in [5, 5.41) is 2.90. The number of nitrogens with one attached hydrogen (secondary N) is 1. The molecule has 1 amide bonds. The largest absolute Gasteiger partial charge is 0.305 e. The lowest BCUT2D eigenvalue weighted by atomic mass is 9.78. The number of nitrogens with zero attached hydrogens (tertiary/aromatic N) is 3. The molecule has 1 heterocycles. The Morgan fingerprint density at radius 1 is 1.44 bits per heavy atom. The van der Waals surface area contributed by atoms with Gasteiger partial charge in [-0.15, -0.1) is 0 Å². The van der Waals surface area contributed by atoms with Crippen LogP contribution in [0.3, 0.4) is 0 Å². The van der Waals surface area contributed by atoms with Gasteiger partial charge in [0.15, 0.2) is 0 Å². The molecular formula is C19H23FN4O. The zero-order valence-corrected chi connectivity index (χ0v) is 15.1. The van der Waals surface area contributed by atoms with Crippen LogP contribution in [0.4, 0.5) is 16.0 Å². The van der Waals surface area contributed by atoms with Crippen molar-refractivity contribution in [2.45, 2.75) is 58.9 Å². The second kappa shape index (κ2) is 5.83. The van der Waals surface area contributed by atoms with Gasteiger partial charge in [-0.05, 0) is 43.7 Å². The number of halogens is 1. The van der Waals surface area contributed by atoms with Crippen LogP contribution in [0.15, 0.2) is 12.1 Å². The first kappa shape index (κ1) is 17.4. The van der Waals surface area contributed by atoms with Crippen LogP contribution in [0.1, 0.15) is 53.4 Å². The predicted octanol–water partition coefficient (Wildman–Crippen LogP) is 5.00. The van der Waals surface area contributed by atoms with Gasteiger partial charge in [-0.25, -0.2) is 14.2 Å². The Morgan fingerprint density at radius 2 is 2.12 bits per heavy atom. The number of hydrogen-bond acceptors (Lipinski definition) is 2. The van der Waals surface area contributed by atoms with Gasteiger partial charge in [-0.3, -0.25) is 10.1 Å². The third kappa shape index (κ3) is 3.23. The van der Waals surface area contributed by atoms with E-state index in [-0.39, 0.29) is 22.5 Å². The molecule has 0 saturated heterocycles. The van der Waals surface area contributed by atoms with Crippen molar-refractivity contribution in [3.05, 3.63) is 29.4 Å². The van der Waals surface area contributed by atoms with E-state index in [9.17, 15) is 9.18 Å². The van der Waals surface area contributed by atoms with Crippen LogP contribution in [0, 0.1) is 17.8 Å². The summed E-state index contributed by atoms with van der Waals surface area (Å²) >= 11 is 0. The van der Waals surface area contributed by atoms with Crippen molar-refractivity contribution in [1.82, 2.24) is 9.55 Å². The highest BCUT2D eigenvalue weighted by molar-refractivity contribution is 5.92. The lowest BCUT2D eigenvalue weighted by molar-refractivity contribution is -0.117. The molecule has 6 heteroatoms. The molecule has 0 atom stereocenters. The number of aromatic nitrogens is 2. The molecule has 25 heavy (non-hydrogen) atoms. The number of fused-ring (bicyclic) bond motifs is 1. The van der Waals surface area contributed by atoms with Crippen molar-refractivity contribution < 1.29 is 9.18 Å². The van der Waals surface area contributed by atoms with Crippen LogP contribution in [0.2, 0.25) is 0 Å². The average Bonchev–Trinajstić information content (AvgIpc) is 2.78. The Hall–Kier alpha value is -2.42. The van der Waals surface area contributed by atoms with Crippen molar-refractivity contribution >= 4 is 28.6 Å². The topological polar surface area (TPSA) is 51.3 Å². The summed E-state index contributed by atoms with van der Waals surface area (Å²) in [4.78, 5) is 20.1. The quantitative estimate of drug-likeness (QED) is 0.798. The highest BCUT2D eigenvalue weighted by atomic mass is 19.1. The van der Waals surface area contributed by atoms with Crippen LogP contribution in [0.5, 0.6) is 0 Å². The monoisotopic (exact) mass is 342 g/mol. The Kier molecular flexibility index (Phi) is 4.06. The molecule has 0 unspecified atom stereocenters. The number of amides is 1. The fourth-order valence-electron chi connectivity index (χ4n) is 3.37. The van der Waals surface area contributed by atoms with Crippen LogP contribution in [-0.2, 0) is 10.3 Å². The first-order chi connectivity index (χ1) is 11.6. The lowest BCUT2D eigenvalue weighted by Gasteiger charge is -2.41. The minimum absolute atomic E-state index is 0.0239. The molecule has 1 saturated carbocycles. The number of carbonyl (C=O) groups excluding carboxylic acids is 1. The standard InChI is InChI=1S/C19H23FN4O/c1-18(2,3)11-16(25)23-17-22-14-9-12(20)13(21-5)10-15(14)24(17)19(4)7-6-8-19/h9-10H,6-8,11H2,1-4H3,(H,22,23,25). The summed E-state index contributed by atoms with van der Waals surface area (Å²) < 4.78 is 16.0. The van der Waals surface area contributed by atoms with Gasteiger partial charge in [-0.2, -0.15) is 0 Å². The van der Waals surface area contributed by atoms with E-state index in [2.05, 4.69) is 22.1 Å². The van der Waals surface area contributed by atoms with Crippen molar-refractivity contribution in [3.8, 4) is 0 Å². The maximum Gasteiger partial charge on any atom is 0.227 e. The van der Waals surface area contributed by atoms with Gasteiger partial charge in [0.1, 0.15) is 5.82 Å². The Balaban J connectivity index is 2.10. The summed E-state index contributed by atoms with van der Waals surface area (Å²) in [5.41, 5.74) is 0.829. The maximum atomic E-state index is 14.0. The summed E-state index contributed by atoms with van der Waals surface area (Å²) in [6.45, 7) is 15.3. The summed E-state index contributed by atoms with van der Waals surface area (Å²) in [7, 11) is 0. The van der Waals surface area contributed by atoms with Crippen molar-refractivity contribution in [1.29, 1.82) is 0 Å². The summed E-state index contributed by atoms with van der Waals surface area (Å²) in [6, 6.07) is 2.81. The zero-order valence-electron chi connectivity index (χ0n) is 15.1. The average molecular weight is 342 g/mol. The molecule has 1 aromatic carbocycles. The van der Waals surface area contributed by atoms with Crippen LogP contribution in [0.25, 0.3) is 15.9 Å². The Bertz CT molecular complexity index is 881. The van der Waals surface area contributed by atoms with E-state index in [4.69, 9.17) is 6.57 Å². The second-order valence-corrected chi connectivity index (χ2v) is 8.31. The maximum absolute atomic E-state index is 14.0. The number of anilines is 1. The molecule has 2 aromatic rings. The Labute approximate surface area is 147 Å². The third-order valence-electron chi connectivity index (χ3n) is 4.76. The minimum atomic E-state index is -0.585. The van der Waals surface area contributed by atoms with E-state index in [1.54, 1.807) is 0 Å². The van der Waals surface area contributed by atoms with E-state index in [0.717, 1.165) is 19.3 Å². The van der Waals surface area contributed by atoms with E-state index in [0.29, 0.717) is 23.4 Å². The molecule has 1 fully saturated rings. The van der Waals surface area contributed by atoms with Gasteiger partial charge in [0.05, 0.1) is 17.6 Å². The van der Waals surface area contributed by atoms with Crippen molar-refractivity contribution in [2.24, 2.45) is 5.41 Å². The summed E-state index contributed by atoms with van der Waals surface area (Å²) in [6.07, 6.45) is 3.40. The molecule has 5 nitrogen and oxygen atoms in total. The molecule has 0 aliphatic heterocycles. The van der Waals surface area contributed by atoms with Crippen LogP contribution < -0.4 is 5.32 Å². The van der Waals surface area contributed by atoms with Crippen LogP contribution >= 0.6 is 0 Å². The van der Waals surface area contributed by atoms with Gasteiger partial charge >= 0.3 is 0 Å².